The van der Waals surface area contributed by atoms with E-state index in [1.807, 2.05) is 11.9 Å². The van der Waals surface area contributed by atoms with E-state index in [1.54, 1.807) is 6.07 Å². The quantitative estimate of drug-likeness (QED) is 0.785. The third kappa shape index (κ3) is 2.49. The molecule has 0 atom stereocenters. The van der Waals surface area contributed by atoms with Gasteiger partial charge in [-0.05, 0) is 7.05 Å². The fourth-order valence-electron chi connectivity index (χ4n) is 1.95. The van der Waals surface area contributed by atoms with Crippen molar-refractivity contribution in [3.63, 3.8) is 0 Å². The molecular weight excluding hydrogens is 226 g/mol. The highest BCUT2D eigenvalue weighted by Crippen LogP contribution is 2.27. The molecule has 94 valence electrons. The molecule has 2 rings (SSSR count). The lowest BCUT2D eigenvalue weighted by Crippen LogP contribution is -2.44. The second-order valence-corrected chi connectivity index (χ2v) is 4.23. The molecule has 1 aromatic rings. The Morgan fingerprint density at radius 3 is 2.35 bits per heavy atom. The van der Waals surface area contributed by atoms with Gasteiger partial charge in [0.25, 0.3) is 0 Å². The van der Waals surface area contributed by atoms with Crippen LogP contribution >= 0.6 is 0 Å². The van der Waals surface area contributed by atoms with Crippen LogP contribution in [0.2, 0.25) is 0 Å². The highest BCUT2D eigenvalue weighted by Gasteiger charge is 2.18. The van der Waals surface area contributed by atoms with Gasteiger partial charge in [-0.1, -0.05) is 0 Å². The molecule has 1 saturated heterocycles. The van der Waals surface area contributed by atoms with Crippen molar-refractivity contribution in [1.82, 2.24) is 4.90 Å². The van der Waals surface area contributed by atoms with E-state index in [0.717, 1.165) is 26.2 Å². The van der Waals surface area contributed by atoms with E-state index in [0.29, 0.717) is 5.69 Å². The number of nitrogens with zero attached hydrogens (tertiary/aromatic N) is 2. The zero-order chi connectivity index (χ0) is 12.4. The first-order chi connectivity index (χ1) is 8.11. The third-order valence-electron chi connectivity index (χ3n) is 3.07. The molecule has 0 unspecified atom stereocenters. The van der Waals surface area contributed by atoms with Crippen LogP contribution < -0.4 is 9.64 Å². The van der Waals surface area contributed by atoms with Gasteiger partial charge >= 0.3 is 0 Å². The maximum Gasteiger partial charge on any atom is 0.200 e. The van der Waals surface area contributed by atoms with Crippen molar-refractivity contribution in [2.45, 2.75) is 0 Å². The van der Waals surface area contributed by atoms with Crippen LogP contribution in [-0.2, 0) is 0 Å². The smallest absolute Gasteiger partial charge is 0.200 e. The normalized spacial score (nSPS) is 17.3. The van der Waals surface area contributed by atoms with E-state index >= 15 is 0 Å². The summed E-state index contributed by atoms with van der Waals surface area (Å²) in [6, 6.07) is 2.77. The SMILES string of the molecule is COc1cc(N2CCN(C)CC2)cc(F)c1F. The third-order valence-corrected chi connectivity index (χ3v) is 3.07. The first-order valence-electron chi connectivity index (χ1n) is 5.58. The summed E-state index contributed by atoms with van der Waals surface area (Å²) >= 11 is 0. The predicted octanol–water partition coefficient (Wildman–Crippen LogP) is 1.73. The summed E-state index contributed by atoms with van der Waals surface area (Å²) in [5.74, 6) is -1.83. The summed E-state index contributed by atoms with van der Waals surface area (Å²) in [4.78, 5) is 4.23. The molecular formula is C12H16F2N2O. The Kier molecular flexibility index (Phi) is 3.47. The van der Waals surface area contributed by atoms with Gasteiger partial charge < -0.3 is 14.5 Å². The molecule has 0 spiro atoms. The number of anilines is 1. The Hall–Kier alpha value is -1.36. The van der Waals surface area contributed by atoms with Crippen molar-refractivity contribution in [3.05, 3.63) is 23.8 Å². The molecule has 0 bridgehead atoms. The van der Waals surface area contributed by atoms with Crippen LogP contribution in [-0.4, -0.2) is 45.2 Å². The molecule has 1 aliphatic heterocycles. The van der Waals surface area contributed by atoms with Gasteiger partial charge in [-0.15, -0.1) is 0 Å². The first-order valence-corrected chi connectivity index (χ1v) is 5.58. The molecule has 5 heteroatoms. The van der Waals surface area contributed by atoms with E-state index in [9.17, 15) is 8.78 Å². The van der Waals surface area contributed by atoms with E-state index < -0.39 is 11.6 Å². The van der Waals surface area contributed by atoms with Gasteiger partial charge in [0, 0.05) is 44.0 Å². The molecule has 0 N–H and O–H groups in total. The number of hydrogen-bond donors (Lipinski definition) is 0. The second kappa shape index (κ2) is 4.87. The van der Waals surface area contributed by atoms with Gasteiger partial charge in [0.1, 0.15) is 0 Å². The lowest BCUT2D eigenvalue weighted by molar-refractivity contribution is 0.312. The first kappa shape index (κ1) is 12.1. The van der Waals surface area contributed by atoms with E-state index in [2.05, 4.69) is 4.90 Å². The Morgan fingerprint density at radius 1 is 1.12 bits per heavy atom. The molecule has 1 fully saturated rings. The Bertz CT molecular complexity index is 404. The Labute approximate surface area is 99.6 Å². The van der Waals surface area contributed by atoms with Crippen molar-refractivity contribution in [2.75, 3.05) is 45.2 Å². The predicted molar refractivity (Wildman–Crippen MR) is 62.6 cm³/mol. The van der Waals surface area contributed by atoms with Gasteiger partial charge in [-0.3, -0.25) is 0 Å². The number of hydrogen-bond acceptors (Lipinski definition) is 3. The monoisotopic (exact) mass is 242 g/mol. The average Bonchev–Trinajstić information content (AvgIpc) is 2.33. The molecule has 1 aromatic carbocycles. The molecule has 0 radical (unpaired) electrons. The maximum atomic E-state index is 13.4. The molecule has 3 nitrogen and oxygen atoms in total. The summed E-state index contributed by atoms with van der Waals surface area (Å²) < 4.78 is 31.5. The number of halogens is 2. The van der Waals surface area contributed by atoms with E-state index in [1.165, 1.54) is 13.2 Å². The summed E-state index contributed by atoms with van der Waals surface area (Å²) in [6.07, 6.45) is 0. The van der Waals surface area contributed by atoms with Crippen molar-refractivity contribution in [3.8, 4) is 5.75 Å². The van der Waals surface area contributed by atoms with Gasteiger partial charge in [-0.25, -0.2) is 4.39 Å². The zero-order valence-electron chi connectivity index (χ0n) is 10.0. The minimum Gasteiger partial charge on any atom is -0.493 e. The number of rotatable bonds is 2. The van der Waals surface area contributed by atoms with E-state index in [-0.39, 0.29) is 5.75 Å². The number of likely N-dealkylation sites (N-methyl/N-ethyl adjacent to an activating group) is 1. The van der Waals surface area contributed by atoms with Crippen molar-refractivity contribution >= 4 is 5.69 Å². The number of methoxy groups -OCH3 is 1. The molecule has 1 aliphatic rings. The van der Waals surface area contributed by atoms with E-state index in [4.69, 9.17) is 4.74 Å². The van der Waals surface area contributed by atoms with Crippen LogP contribution in [0.1, 0.15) is 0 Å². The maximum absolute atomic E-state index is 13.4. The lowest BCUT2D eigenvalue weighted by Gasteiger charge is -2.34. The number of ether oxygens (including phenoxy) is 1. The van der Waals surface area contributed by atoms with Crippen molar-refractivity contribution < 1.29 is 13.5 Å². The van der Waals surface area contributed by atoms with Crippen LogP contribution in [0, 0.1) is 11.6 Å². The fourth-order valence-corrected chi connectivity index (χ4v) is 1.95. The summed E-state index contributed by atoms with van der Waals surface area (Å²) in [6.45, 7) is 3.46. The lowest BCUT2D eigenvalue weighted by atomic mass is 10.2. The molecule has 0 amide bonds. The Balaban J connectivity index is 2.24. The molecule has 17 heavy (non-hydrogen) atoms. The summed E-state index contributed by atoms with van der Waals surface area (Å²) in [7, 11) is 3.38. The molecule has 0 aliphatic carbocycles. The summed E-state index contributed by atoms with van der Waals surface area (Å²) in [5.41, 5.74) is 0.675. The molecule has 0 saturated carbocycles. The van der Waals surface area contributed by atoms with Crippen LogP contribution in [0.5, 0.6) is 5.75 Å². The van der Waals surface area contributed by atoms with Crippen molar-refractivity contribution in [1.29, 1.82) is 0 Å². The fraction of sp³-hybridized carbons (Fsp3) is 0.500. The standard InChI is InChI=1S/C12H16F2N2O/c1-15-3-5-16(6-4-15)9-7-10(13)12(14)11(8-9)17-2/h7-8H,3-6H2,1-2H3. The molecule has 1 heterocycles. The van der Waals surface area contributed by atoms with Crippen LogP contribution in [0.25, 0.3) is 0 Å². The highest BCUT2D eigenvalue weighted by molar-refractivity contribution is 5.52. The van der Waals surface area contributed by atoms with Crippen molar-refractivity contribution in [2.24, 2.45) is 0 Å². The Morgan fingerprint density at radius 2 is 1.76 bits per heavy atom. The summed E-state index contributed by atoms with van der Waals surface area (Å²) in [5, 5.41) is 0. The van der Waals surface area contributed by atoms with Gasteiger partial charge in [0.2, 0.25) is 5.82 Å². The minimum atomic E-state index is -0.926. The van der Waals surface area contributed by atoms with Crippen LogP contribution in [0.15, 0.2) is 12.1 Å². The van der Waals surface area contributed by atoms with Crippen LogP contribution in [0.4, 0.5) is 14.5 Å². The highest BCUT2D eigenvalue weighted by atomic mass is 19.2. The van der Waals surface area contributed by atoms with Gasteiger partial charge in [0.05, 0.1) is 7.11 Å². The minimum absolute atomic E-state index is 0.0427. The van der Waals surface area contributed by atoms with Gasteiger partial charge in [-0.2, -0.15) is 4.39 Å². The van der Waals surface area contributed by atoms with Gasteiger partial charge in [0.15, 0.2) is 11.6 Å². The number of benzene rings is 1. The second-order valence-electron chi connectivity index (χ2n) is 4.23. The number of piperazine rings is 1. The largest absolute Gasteiger partial charge is 0.493 e. The zero-order valence-corrected chi connectivity index (χ0v) is 10.0. The topological polar surface area (TPSA) is 15.7 Å². The average molecular weight is 242 g/mol. The molecule has 0 aromatic heterocycles. The van der Waals surface area contributed by atoms with Crippen LogP contribution in [0.3, 0.4) is 0 Å².